The monoisotopic (exact) mass is 467 g/mol. The maximum absolute atomic E-state index is 12.9. The van der Waals surface area contributed by atoms with Crippen LogP contribution in [-0.4, -0.2) is 25.4 Å². The first-order valence-corrected chi connectivity index (χ1v) is 11.8. The van der Waals surface area contributed by atoms with E-state index in [-0.39, 0.29) is 17.0 Å². The third-order valence-electron chi connectivity index (χ3n) is 6.85. The normalized spacial score (nSPS) is 14.9. The summed E-state index contributed by atoms with van der Waals surface area (Å²) in [6.45, 7) is 11.0. The van der Waals surface area contributed by atoms with Crippen molar-refractivity contribution >= 4 is 5.97 Å². The number of aromatic nitrogens is 3. The van der Waals surface area contributed by atoms with Crippen molar-refractivity contribution in [1.82, 2.24) is 14.3 Å². The number of carbonyl (C=O) groups is 1. The quantitative estimate of drug-likeness (QED) is 0.403. The van der Waals surface area contributed by atoms with Crippen molar-refractivity contribution in [3.8, 4) is 33.8 Å². The van der Waals surface area contributed by atoms with E-state index in [9.17, 15) is 14.7 Å². The number of rotatable bonds is 3. The molecule has 0 radical (unpaired) electrons. The SMILES string of the molecule is Cc1ccc(-c2nn3c(c2-c2ccc(C)cc2)-c2cc(=O)c(C(=O)O)cn2[C@H](C(C)(C)C)C3)cc1. The van der Waals surface area contributed by atoms with Gasteiger partial charge in [0, 0.05) is 23.4 Å². The van der Waals surface area contributed by atoms with Crippen molar-refractivity contribution in [3.63, 3.8) is 0 Å². The molecule has 3 heterocycles. The Kier molecular flexibility index (Phi) is 5.28. The molecular formula is C29H29N3O3. The Labute approximate surface area is 204 Å². The highest BCUT2D eigenvalue weighted by molar-refractivity contribution is 5.92. The first kappa shape index (κ1) is 22.8. The molecule has 6 nitrogen and oxygen atoms in total. The molecular weight excluding hydrogens is 438 g/mol. The highest BCUT2D eigenvalue weighted by Crippen LogP contribution is 2.46. The van der Waals surface area contributed by atoms with Crippen molar-refractivity contribution in [3.05, 3.63) is 87.7 Å². The topological polar surface area (TPSA) is 77.1 Å². The molecule has 0 bridgehead atoms. The van der Waals surface area contributed by atoms with Crippen LogP contribution in [0.2, 0.25) is 0 Å². The fourth-order valence-electron chi connectivity index (χ4n) is 4.86. The standard InChI is InChI=1S/C29H29N3O3/c1-17-6-10-19(11-7-17)25-26(20-12-8-18(2)9-13-20)30-32-16-24(29(3,4)5)31-15-21(28(34)35)23(33)14-22(31)27(25)32/h6-15,24H,16H2,1-5H3,(H,34,35)/t24-/m0/s1. The average molecular weight is 468 g/mol. The molecule has 1 atom stereocenters. The lowest BCUT2D eigenvalue weighted by Gasteiger charge is -2.38. The summed E-state index contributed by atoms with van der Waals surface area (Å²) in [7, 11) is 0. The Bertz CT molecular complexity index is 1500. The third kappa shape index (κ3) is 3.89. The molecule has 5 rings (SSSR count). The second-order valence-corrected chi connectivity index (χ2v) is 10.5. The minimum atomic E-state index is -1.21. The van der Waals surface area contributed by atoms with Gasteiger partial charge in [0.25, 0.3) is 0 Å². The predicted molar refractivity (Wildman–Crippen MR) is 138 cm³/mol. The summed E-state index contributed by atoms with van der Waals surface area (Å²) in [5, 5.41) is 14.7. The molecule has 0 aliphatic carbocycles. The van der Waals surface area contributed by atoms with E-state index in [0.29, 0.717) is 12.2 Å². The molecule has 0 spiro atoms. The van der Waals surface area contributed by atoms with Crippen LogP contribution in [0.5, 0.6) is 0 Å². The summed E-state index contributed by atoms with van der Waals surface area (Å²) in [5.74, 6) is -1.21. The minimum Gasteiger partial charge on any atom is -0.477 e. The zero-order valence-electron chi connectivity index (χ0n) is 20.7. The molecule has 2 aromatic heterocycles. The van der Waals surface area contributed by atoms with Crippen LogP contribution in [0.1, 0.15) is 48.3 Å². The Balaban J connectivity index is 1.87. The molecule has 6 heteroatoms. The van der Waals surface area contributed by atoms with Gasteiger partial charge in [-0.2, -0.15) is 5.10 Å². The summed E-state index contributed by atoms with van der Waals surface area (Å²) in [6, 6.07) is 18.0. The Morgan fingerprint density at radius 3 is 2.09 bits per heavy atom. The zero-order chi connectivity index (χ0) is 25.1. The van der Waals surface area contributed by atoms with Gasteiger partial charge in [-0.3, -0.25) is 9.48 Å². The molecule has 178 valence electrons. The van der Waals surface area contributed by atoms with E-state index >= 15 is 0 Å². The molecule has 35 heavy (non-hydrogen) atoms. The summed E-state index contributed by atoms with van der Waals surface area (Å²) >= 11 is 0. The van der Waals surface area contributed by atoms with Gasteiger partial charge < -0.3 is 9.67 Å². The minimum absolute atomic E-state index is 0.0830. The number of pyridine rings is 1. The number of nitrogens with zero attached hydrogens (tertiary/aromatic N) is 3. The fourth-order valence-corrected chi connectivity index (χ4v) is 4.86. The second-order valence-electron chi connectivity index (χ2n) is 10.5. The lowest BCUT2D eigenvalue weighted by atomic mass is 9.84. The van der Waals surface area contributed by atoms with Crippen LogP contribution in [-0.2, 0) is 6.54 Å². The highest BCUT2D eigenvalue weighted by Gasteiger charge is 2.36. The number of carboxylic acid groups (broad SMARTS) is 1. The van der Waals surface area contributed by atoms with E-state index in [1.165, 1.54) is 17.8 Å². The highest BCUT2D eigenvalue weighted by atomic mass is 16.4. The van der Waals surface area contributed by atoms with Gasteiger partial charge >= 0.3 is 5.97 Å². The van der Waals surface area contributed by atoms with Gasteiger partial charge in [-0.25, -0.2) is 4.79 Å². The van der Waals surface area contributed by atoms with Crippen LogP contribution in [0.3, 0.4) is 0 Å². The lowest BCUT2D eigenvalue weighted by Crippen LogP contribution is -2.35. The van der Waals surface area contributed by atoms with Crippen LogP contribution in [0.15, 0.2) is 65.6 Å². The summed E-state index contributed by atoms with van der Waals surface area (Å²) in [6.07, 6.45) is 1.51. The van der Waals surface area contributed by atoms with E-state index < -0.39 is 11.4 Å². The van der Waals surface area contributed by atoms with E-state index in [1.54, 1.807) is 0 Å². The van der Waals surface area contributed by atoms with Gasteiger partial charge in [0.2, 0.25) is 0 Å². The Hall–Kier alpha value is -3.93. The Morgan fingerprint density at radius 2 is 1.54 bits per heavy atom. The number of aryl methyl sites for hydroxylation is 2. The summed E-state index contributed by atoms with van der Waals surface area (Å²) in [4.78, 5) is 24.7. The average Bonchev–Trinajstić information content (AvgIpc) is 3.18. The van der Waals surface area contributed by atoms with Crippen LogP contribution >= 0.6 is 0 Å². The first-order valence-electron chi connectivity index (χ1n) is 11.8. The number of fused-ring (bicyclic) bond motifs is 3. The molecule has 2 aromatic carbocycles. The Morgan fingerprint density at radius 1 is 0.971 bits per heavy atom. The molecule has 4 aromatic rings. The lowest BCUT2D eigenvalue weighted by molar-refractivity contribution is 0.0693. The number of hydrogen-bond acceptors (Lipinski definition) is 3. The smallest absolute Gasteiger partial charge is 0.341 e. The van der Waals surface area contributed by atoms with Gasteiger partial charge in [-0.15, -0.1) is 0 Å². The molecule has 0 saturated carbocycles. The van der Waals surface area contributed by atoms with Gasteiger partial charge in [0.15, 0.2) is 5.43 Å². The van der Waals surface area contributed by atoms with Crippen LogP contribution < -0.4 is 5.43 Å². The van der Waals surface area contributed by atoms with E-state index in [0.717, 1.165) is 33.6 Å². The maximum atomic E-state index is 12.9. The predicted octanol–water partition coefficient (Wildman–Crippen LogP) is 5.96. The molecule has 0 fully saturated rings. The van der Waals surface area contributed by atoms with Crippen molar-refractivity contribution in [1.29, 1.82) is 0 Å². The number of hydrogen-bond donors (Lipinski definition) is 1. The molecule has 0 unspecified atom stereocenters. The fraction of sp³-hybridized carbons (Fsp3) is 0.276. The number of benzene rings is 2. The largest absolute Gasteiger partial charge is 0.477 e. The van der Waals surface area contributed by atoms with Crippen LogP contribution in [0, 0.1) is 19.3 Å². The van der Waals surface area contributed by atoms with Crippen LogP contribution in [0.4, 0.5) is 0 Å². The van der Waals surface area contributed by atoms with Gasteiger partial charge in [0.1, 0.15) is 11.3 Å². The third-order valence-corrected chi connectivity index (χ3v) is 6.85. The second kappa shape index (κ2) is 8.08. The van der Waals surface area contributed by atoms with Crippen LogP contribution in [0.25, 0.3) is 33.8 Å². The van der Waals surface area contributed by atoms with Gasteiger partial charge in [-0.1, -0.05) is 80.4 Å². The molecule has 0 amide bonds. The number of carboxylic acids is 1. The zero-order valence-corrected chi connectivity index (χ0v) is 20.7. The molecule has 0 saturated heterocycles. The molecule has 1 aliphatic heterocycles. The van der Waals surface area contributed by atoms with Crippen molar-refractivity contribution in [2.24, 2.45) is 5.41 Å². The number of aromatic carboxylic acids is 1. The van der Waals surface area contributed by atoms with Gasteiger partial charge in [0.05, 0.1) is 24.0 Å². The maximum Gasteiger partial charge on any atom is 0.341 e. The van der Waals surface area contributed by atoms with Crippen molar-refractivity contribution in [2.45, 2.75) is 47.2 Å². The van der Waals surface area contributed by atoms with E-state index in [2.05, 4.69) is 76.2 Å². The summed E-state index contributed by atoms with van der Waals surface area (Å²) in [5.41, 5.74) is 6.72. The first-order chi connectivity index (χ1) is 16.5. The van der Waals surface area contributed by atoms with Crippen molar-refractivity contribution < 1.29 is 9.90 Å². The van der Waals surface area contributed by atoms with E-state index in [1.807, 2.05) is 16.2 Å². The summed E-state index contributed by atoms with van der Waals surface area (Å²) < 4.78 is 3.97. The van der Waals surface area contributed by atoms with Gasteiger partial charge in [-0.05, 0) is 24.8 Å². The van der Waals surface area contributed by atoms with E-state index in [4.69, 9.17) is 5.10 Å². The van der Waals surface area contributed by atoms with Crippen molar-refractivity contribution in [2.75, 3.05) is 0 Å². The molecule has 1 N–H and O–H groups in total. The molecule has 1 aliphatic rings.